The Labute approximate surface area is 242 Å². The molecule has 1 atom stereocenters. The molecule has 9 heteroatoms. The van der Waals surface area contributed by atoms with E-state index >= 15 is 0 Å². The van der Waals surface area contributed by atoms with Crippen molar-refractivity contribution in [1.82, 2.24) is 9.80 Å². The average molecular weight is 567 g/mol. The smallest absolute Gasteiger partial charge is 0.295 e. The lowest BCUT2D eigenvalue weighted by Gasteiger charge is -2.31. The van der Waals surface area contributed by atoms with E-state index in [0.717, 1.165) is 25.1 Å². The molecule has 2 aromatic carbocycles. The number of hydrogen-bond donors (Lipinski definition) is 1. The summed E-state index contributed by atoms with van der Waals surface area (Å²) in [5.74, 6) is 0.703. The number of ketones is 1. The van der Waals surface area contributed by atoms with E-state index in [1.165, 1.54) is 0 Å². The number of benzene rings is 2. The van der Waals surface area contributed by atoms with Crippen molar-refractivity contribution >= 4 is 17.4 Å². The van der Waals surface area contributed by atoms with Gasteiger partial charge in [-0.3, -0.25) is 14.5 Å². The second-order valence-electron chi connectivity index (χ2n) is 10.8. The van der Waals surface area contributed by atoms with Crippen LogP contribution in [0.4, 0.5) is 0 Å². The Kier molecular flexibility index (Phi) is 10.3. The molecule has 1 unspecified atom stereocenters. The highest BCUT2D eigenvalue weighted by Crippen LogP contribution is 2.42. The lowest BCUT2D eigenvalue weighted by Crippen LogP contribution is -2.42. The monoisotopic (exact) mass is 566 g/mol. The highest BCUT2D eigenvalue weighted by atomic mass is 16.5. The maximum absolute atomic E-state index is 13.5. The molecule has 2 fully saturated rings. The first-order valence-corrected chi connectivity index (χ1v) is 14.4. The quantitative estimate of drug-likeness (QED) is 0.227. The van der Waals surface area contributed by atoms with E-state index in [1.54, 1.807) is 36.3 Å². The van der Waals surface area contributed by atoms with Crippen LogP contribution in [0.5, 0.6) is 17.2 Å². The molecule has 2 aliphatic heterocycles. The van der Waals surface area contributed by atoms with E-state index in [2.05, 4.69) is 18.7 Å². The second kappa shape index (κ2) is 13.9. The molecule has 1 N–H and O–H groups in total. The van der Waals surface area contributed by atoms with Crippen molar-refractivity contribution in [2.24, 2.45) is 5.92 Å². The van der Waals surface area contributed by atoms with Crippen molar-refractivity contribution in [3.8, 4) is 17.2 Å². The standard InChI is InChI=1S/C32H42N2O7/c1-6-40-24-8-9-25(22(4)19-24)30(35)28-29(23-7-10-26(27(20-23)38-5)41-16-11-21(2)3)34(32(37)31(28)36)13-12-33-14-17-39-18-15-33/h7-10,19-21,29,35H,6,11-18H2,1-5H3. The largest absolute Gasteiger partial charge is 0.507 e. The molecule has 2 heterocycles. The van der Waals surface area contributed by atoms with Crippen LogP contribution in [0.2, 0.25) is 0 Å². The van der Waals surface area contributed by atoms with E-state index in [1.807, 2.05) is 26.0 Å². The fraction of sp³-hybridized carbons (Fsp3) is 0.500. The van der Waals surface area contributed by atoms with Gasteiger partial charge in [-0.15, -0.1) is 0 Å². The molecule has 2 aliphatic rings. The van der Waals surface area contributed by atoms with Crippen molar-refractivity contribution in [1.29, 1.82) is 0 Å². The summed E-state index contributed by atoms with van der Waals surface area (Å²) in [7, 11) is 1.56. The van der Waals surface area contributed by atoms with Crippen LogP contribution < -0.4 is 14.2 Å². The van der Waals surface area contributed by atoms with Crippen molar-refractivity contribution in [3.05, 3.63) is 58.7 Å². The molecule has 0 aliphatic carbocycles. The number of aliphatic hydroxyl groups excluding tert-OH is 1. The third kappa shape index (κ3) is 7.02. The number of Topliss-reactive ketones (excluding diaryl/α,β-unsaturated/α-hetero) is 1. The van der Waals surface area contributed by atoms with Gasteiger partial charge in [0.2, 0.25) is 0 Å². The molecule has 9 nitrogen and oxygen atoms in total. The van der Waals surface area contributed by atoms with Gasteiger partial charge in [-0.2, -0.15) is 0 Å². The van der Waals surface area contributed by atoms with Gasteiger partial charge < -0.3 is 29.0 Å². The summed E-state index contributed by atoms with van der Waals surface area (Å²) >= 11 is 0. The van der Waals surface area contributed by atoms with E-state index in [4.69, 9.17) is 18.9 Å². The van der Waals surface area contributed by atoms with Crippen LogP contribution >= 0.6 is 0 Å². The van der Waals surface area contributed by atoms with Crippen LogP contribution in [0.15, 0.2) is 42.0 Å². The van der Waals surface area contributed by atoms with Crippen LogP contribution in [0.1, 0.15) is 49.9 Å². The fourth-order valence-electron chi connectivity index (χ4n) is 5.21. The Bertz CT molecular complexity index is 1270. The molecular weight excluding hydrogens is 524 g/mol. The number of amides is 1. The van der Waals surface area contributed by atoms with Gasteiger partial charge in [-0.25, -0.2) is 0 Å². The van der Waals surface area contributed by atoms with Crippen molar-refractivity contribution in [2.75, 3.05) is 59.7 Å². The Hall–Kier alpha value is -3.56. The van der Waals surface area contributed by atoms with Crippen molar-refractivity contribution in [2.45, 2.75) is 40.2 Å². The van der Waals surface area contributed by atoms with Gasteiger partial charge in [0.05, 0.1) is 45.2 Å². The highest BCUT2D eigenvalue weighted by Gasteiger charge is 2.46. The third-order valence-electron chi connectivity index (χ3n) is 7.52. The van der Waals surface area contributed by atoms with Gasteiger partial charge in [-0.05, 0) is 67.6 Å². The molecule has 0 radical (unpaired) electrons. The molecule has 0 bridgehead atoms. The summed E-state index contributed by atoms with van der Waals surface area (Å²) in [6, 6.07) is 9.93. The van der Waals surface area contributed by atoms with Gasteiger partial charge in [0.15, 0.2) is 11.5 Å². The second-order valence-corrected chi connectivity index (χ2v) is 10.8. The predicted octanol–water partition coefficient (Wildman–Crippen LogP) is 4.58. The summed E-state index contributed by atoms with van der Waals surface area (Å²) in [6.07, 6.45) is 0.897. The summed E-state index contributed by atoms with van der Waals surface area (Å²) in [5.41, 5.74) is 1.92. The first-order chi connectivity index (χ1) is 19.7. The van der Waals surface area contributed by atoms with E-state index in [9.17, 15) is 14.7 Å². The number of likely N-dealkylation sites (tertiary alicyclic amines) is 1. The first-order valence-electron chi connectivity index (χ1n) is 14.4. The molecule has 0 spiro atoms. The summed E-state index contributed by atoms with van der Waals surface area (Å²) in [6.45, 7) is 12.8. The summed E-state index contributed by atoms with van der Waals surface area (Å²) in [5, 5.41) is 11.6. The van der Waals surface area contributed by atoms with Crippen LogP contribution in [0, 0.1) is 12.8 Å². The molecule has 222 valence electrons. The van der Waals surface area contributed by atoms with E-state index in [-0.39, 0.29) is 11.3 Å². The van der Waals surface area contributed by atoms with Crippen LogP contribution in [0.3, 0.4) is 0 Å². The Balaban J connectivity index is 1.75. The number of rotatable bonds is 12. The number of carbonyl (C=O) groups is 2. The Morgan fingerprint density at radius 3 is 2.46 bits per heavy atom. The maximum atomic E-state index is 13.5. The minimum atomic E-state index is -0.791. The summed E-state index contributed by atoms with van der Waals surface area (Å²) < 4.78 is 22.7. The zero-order valence-electron chi connectivity index (χ0n) is 24.8. The fourth-order valence-corrected chi connectivity index (χ4v) is 5.21. The van der Waals surface area contributed by atoms with Gasteiger partial charge in [-0.1, -0.05) is 19.9 Å². The first kappa shape index (κ1) is 30.4. The van der Waals surface area contributed by atoms with Crippen molar-refractivity contribution < 1.29 is 33.6 Å². The van der Waals surface area contributed by atoms with Gasteiger partial charge >= 0.3 is 0 Å². The predicted molar refractivity (Wildman–Crippen MR) is 157 cm³/mol. The number of methoxy groups -OCH3 is 1. The number of morpholine rings is 1. The number of nitrogens with zero attached hydrogens (tertiary/aromatic N) is 2. The molecular formula is C32H42N2O7. The van der Waals surface area contributed by atoms with Gasteiger partial charge in [0.25, 0.3) is 11.7 Å². The zero-order valence-corrected chi connectivity index (χ0v) is 24.8. The van der Waals surface area contributed by atoms with Crippen molar-refractivity contribution in [3.63, 3.8) is 0 Å². The number of hydrogen-bond acceptors (Lipinski definition) is 8. The number of aliphatic hydroxyl groups is 1. The SMILES string of the molecule is CCOc1ccc(C(O)=C2C(=O)C(=O)N(CCN3CCOCC3)C2c2ccc(OCCC(C)C)c(OC)c2)c(C)c1. The molecule has 0 aromatic heterocycles. The minimum absolute atomic E-state index is 0.0553. The number of ether oxygens (including phenoxy) is 4. The molecule has 0 saturated carbocycles. The zero-order chi connectivity index (χ0) is 29.5. The Morgan fingerprint density at radius 2 is 1.80 bits per heavy atom. The number of carbonyl (C=O) groups excluding carboxylic acids is 2. The normalized spacial score (nSPS) is 19.2. The van der Waals surface area contributed by atoms with Crippen LogP contribution in [-0.4, -0.2) is 86.3 Å². The topological polar surface area (TPSA) is 97.8 Å². The van der Waals surface area contributed by atoms with Gasteiger partial charge in [0, 0.05) is 31.7 Å². The number of aryl methyl sites for hydroxylation is 1. The minimum Gasteiger partial charge on any atom is -0.507 e. The lowest BCUT2D eigenvalue weighted by atomic mass is 9.93. The molecule has 1 amide bonds. The van der Waals surface area contributed by atoms with E-state index in [0.29, 0.717) is 73.8 Å². The van der Waals surface area contributed by atoms with Gasteiger partial charge in [0.1, 0.15) is 11.5 Å². The van der Waals surface area contributed by atoms with Crippen LogP contribution in [-0.2, 0) is 14.3 Å². The highest BCUT2D eigenvalue weighted by molar-refractivity contribution is 6.46. The molecule has 4 rings (SSSR count). The maximum Gasteiger partial charge on any atom is 0.295 e. The molecule has 41 heavy (non-hydrogen) atoms. The van der Waals surface area contributed by atoms with E-state index < -0.39 is 17.7 Å². The molecule has 2 aromatic rings. The summed E-state index contributed by atoms with van der Waals surface area (Å²) in [4.78, 5) is 30.8. The lowest BCUT2D eigenvalue weighted by molar-refractivity contribution is -0.140. The average Bonchev–Trinajstić information content (AvgIpc) is 3.21. The molecule has 2 saturated heterocycles. The Morgan fingerprint density at radius 1 is 1.05 bits per heavy atom. The third-order valence-corrected chi connectivity index (χ3v) is 7.52. The van der Waals surface area contributed by atoms with Crippen LogP contribution in [0.25, 0.3) is 5.76 Å².